The third-order valence-corrected chi connectivity index (χ3v) is 2.66. The second-order valence-corrected chi connectivity index (χ2v) is 5.65. The number of nitrogens with zero attached hydrogens (tertiary/aromatic N) is 4. The average molecular weight is 307 g/mol. The van der Waals surface area contributed by atoms with Gasteiger partial charge in [-0.2, -0.15) is 0 Å². The molecule has 2 rings (SSSR count). The molecule has 8 heteroatoms. The Hall–Kier alpha value is -2.38. The van der Waals surface area contributed by atoms with Gasteiger partial charge >= 0.3 is 6.09 Å². The fourth-order valence-electron chi connectivity index (χ4n) is 1.85. The maximum atomic E-state index is 11.6. The predicted molar refractivity (Wildman–Crippen MR) is 79.9 cm³/mol. The van der Waals surface area contributed by atoms with Gasteiger partial charge in [0.15, 0.2) is 0 Å². The van der Waals surface area contributed by atoms with Gasteiger partial charge in [-0.15, -0.1) is 10.2 Å². The first-order chi connectivity index (χ1) is 10.4. The highest BCUT2D eigenvalue weighted by atomic mass is 16.6. The average Bonchev–Trinajstić information content (AvgIpc) is 2.82. The summed E-state index contributed by atoms with van der Waals surface area (Å²) in [4.78, 5) is 15.7. The summed E-state index contributed by atoms with van der Waals surface area (Å²) in [5.74, 6) is 1.17. The summed E-state index contributed by atoms with van der Waals surface area (Å²) in [5, 5.41) is 10.9. The van der Waals surface area contributed by atoms with Crippen LogP contribution in [0, 0.1) is 0 Å². The minimum Gasteiger partial charge on any atom is -0.475 e. The number of alkyl carbamates (subject to hydrolysis) is 1. The lowest BCUT2D eigenvalue weighted by atomic mass is 10.2. The standard InChI is InChI=1S/C14H21N5O3/c1-5-21-12-11-18-17-10(19(11)9-8-15-12)6-7-16-13(20)22-14(2,3)4/h8-9H,5-7H2,1-4H3,(H,16,20). The van der Waals surface area contributed by atoms with E-state index in [1.165, 1.54) is 0 Å². The zero-order valence-electron chi connectivity index (χ0n) is 13.3. The number of hydrogen-bond donors (Lipinski definition) is 1. The number of carbonyl (C=O) groups is 1. The van der Waals surface area contributed by atoms with Crippen molar-refractivity contribution in [3.8, 4) is 5.88 Å². The molecule has 0 atom stereocenters. The van der Waals surface area contributed by atoms with E-state index in [0.717, 1.165) is 5.82 Å². The Morgan fingerprint density at radius 2 is 2.14 bits per heavy atom. The minimum atomic E-state index is -0.510. The zero-order valence-corrected chi connectivity index (χ0v) is 13.3. The Bertz CT molecular complexity index is 647. The largest absolute Gasteiger partial charge is 0.475 e. The summed E-state index contributed by atoms with van der Waals surface area (Å²) in [5.41, 5.74) is 0.0561. The van der Waals surface area contributed by atoms with E-state index in [1.807, 2.05) is 27.7 Å². The van der Waals surface area contributed by atoms with Gasteiger partial charge in [-0.25, -0.2) is 9.78 Å². The van der Waals surface area contributed by atoms with Gasteiger partial charge in [-0.05, 0) is 27.7 Å². The van der Waals surface area contributed by atoms with E-state index in [2.05, 4.69) is 20.5 Å². The van der Waals surface area contributed by atoms with Crippen LogP contribution in [0.4, 0.5) is 4.79 Å². The van der Waals surface area contributed by atoms with Gasteiger partial charge in [0.2, 0.25) is 5.65 Å². The summed E-state index contributed by atoms with van der Waals surface area (Å²) in [6.07, 6.45) is 3.47. The van der Waals surface area contributed by atoms with Gasteiger partial charge in [-0.3, -0.25) is 4.40 Å². The van der Waals surface area contributed by atoms with E-state index < -0.39 is 11.7 Å². The number of hydrogen-bond acceptors (Lipinski definition) is 6. The summed E-state index contributed by atoms with van der Waals surface area (Å²) in [7, 11) is 0. The van der Waals surface area contributed by atoms with E-state index in [0.29, 0.717) is 31.1 Å². The van der Waals surface area contributed by atoms with Crippen LogP contribution in [0.2, 0.25) is 0 Å². The monoisotopic (exact) mass is 307 g/mol. The Balaban J connectivity index is 1.98. The molecule has 0 saturated heterocycles. The molecule has 120 valence electrons. The Morgan fingerprint density at radius 1 is 1.36 bits per heavy atom. The maximum Gasteiger partial charge on any atom is 0.407 e. The molecule has 0 aliphatic heterocycles. The number of carbonyl (C=O) groups excluding carboxylic acids is 1. The summed E-state index contributed by atoms with van der Waals surface area (Å²) >= 11 is 0. The Kier molecular flexibility index (Phi) is 4.79. The molecule has 2 aromatic rings. The lowest BCUT2D eigenvalue weighted by Gasteiger charge is -2.19. The number of rotatable bonds is 5. The Labute approximate surface area is 128 Å². The molecule has 0 aliphatic rings. The smallest absolute Gasteiger partial charge is 0.407 e. The molecular formula is C14H21N5O3. The first kappa shape index (κ1) is 16.0. The summed E-state index contributed by atoms with van der Waals surface area (Å²) in [6, 6.07) is 0. The fraction of sp³-hybridized carbons (Fsp3) is 0.571. The number of ether oxygens (including phenoxy) is 2. The van der Waals surface area contributed by atoms with Crippen LogP contribution in [0.3, 0.4) is 0 Å². The fourth-order valence-corrected chi connectivity index (χ4v) is 1.85. The van der Waals surface area contributed by atoms with Crippen molar-refractivity contribution in [3.05, 3.63) is 18.2 Å². The summed E-state index contributed by atoms with van der Waals surface area (Å²) in [6.45, 7) is 8.26. The van der Waals surface area contributed by atoms with Crippen LogP contribution in [0.25, 0.3) is 5.65 Å². The summed E-state index contributed by atoms with van der Waals surface area (Å²) < 4.78 is 12.4. The van der Waals surface area contributed by atoms with E-state index in [-0.39, 0.29) is 0 Å². The van der Waals surface area contributed by atoms with Gasteiger partial charge in [0.1, 0.15) is 11.4 Å². The van der Waals surface area contributed by atoms with Crippen LogP contribution in [-0.4, -0.2) is 44.4 Å². The van der Waals surface area contributed by atoms with E-state index in [4.69, 9.17) is 9.47 Å². The van der Waals surface area contributed by atoms with Crippen molar-refractivity contribution in [1.29, 1.82) is 0 Å². The van der Waals surface area contributed by atoms with Crippen molar-refractivity contribution in [3.63, 3.8) is 0 Å². The molecule has 8 nitrogen and oxygen atoms in total. The SMILES string of the molecule is CCOc1nccn2c(CCNC(=O)OC(C)(C)C)nnc12. The van der Waals surface area contributed by atoms with Crippen LogP contribution in [0.15, 0.2) is 12.4 Å². The third-order valence-electron chi connectivity index (χ3n) is 2.66. The molecule has 2 heterocycles. The van der Waals surface area contributed by atoms with Crippen molar-refractivity contribution < 1.29 is 14.3 Å². The van der Waals surface area contributed by atoms with Crippen LogP contribution in [0.1, 0.15) is 33.5 Å². The molecular weight excluding hydrogens is 286 g/mol. The molecule has 1 N–H and O–H groups in total. The molecule has 0 radical (unpaired) electrons. The van der Waals surface area contributed by atoms with E-state index >= 15 is 0 Å². The topological polar surface area (TPSA) is 90.6 Å². The van der Waals surface area contributed by atoms with Gasteiger partial charge in [0.05, 0.1) is 6.61 Å². The molecule has 0 bridgehead atoms. The molecule has 0 aliphatic carbocycles. The van der Waals surface area contributed by atoms with Gasteiger partial charge in [-0.1, -0.05) is 0 Å². The van der Waals surface area contributed by atoms with Crippen molar-refractivity contribution in [1.82, 2.24) is 24.9 Å². The van der Waals surface area contributed by atoms with E-state index in [1.54, 1.807) is 16.8 Å². The van der Waals surface area contributed by atoms with Crippen LogP contribution in [-0.2, 0) is 11.2 Å². The maximum absolute atomic E-state index is 11.6. The van der Waals surface area contributed by atoms with Crippen LogP contribution in [0.5, 0.6) is 5.88 Å². The van der Waals surface area contributed by atoms with Gasteiger partial charge in [0, 0.05) is 25.4 Å². The number of fused-ring (bicyclic) bond motifs is 1. The molecule has 0 unspecified atom stereocenters. The van der Waals surface area contributed by atoms with Crippen LogP contribution >= 0.6 is 0 Å². The van der Waals surface area contributed by atoms with Crippen molar-refractivity contribution in [2.75, 3.05) is 13.2 Å². The lowest BCUT2D eigenvalue weighted by molar-refractivity contribution is 0.0528. The third kappa shape index (κ3) is 4.06. The first-order valence-corrected chi connectivity index (χ1v) is 7.19. The highest BCUT2D eigenvalue weighted by molar-refractivity contribution is 5.67. The molecule has 0 spiro atoms. The van der Waals surface area contributed by atoms with E-state index in [9.17, 15) is 4.79 Å². The van der Waals surface area contributed by atoms with Crippen molar-refractivity contribution in [2.45, 2.75) is 39.7 Å². The van der Waals surface area contributed by atoms with Crippen molar-refractivity contribution >= 4 is 11.7 Å². The molecule has 0 saturated carbocycles. The molecule has 0 fully saturated rings. The number of amides is 1. The quantitative estimate of drug-likeness (QED) is 0.902. The first-order valence-electron chi connectivity index (χ1n) is 7.19. The van der Waals surface area contributed by atoms with Crippen molar-refractivity contribution in [2.24, 2.45) is 0 Å². The normalized spacial score (nSPS) is 11.5. The minimum absolute atomic E-state index is 0.405. The molecule has 22 heavy (non-hydrogen) atoms. The lowest BCUT2D eigenvalue weighted by Crippen LogP contribution is -2.33. The zero-order chi connectivity index (χ0) is 16.2. The second-order valence-electron chi connectivity index (χ2n) is 5.65. The van der Waals surface area contributed by atoms with Crippen LogP contribution < -0.4 is 10.1 Å². The second kappa shape index (κ2) is 6.59. The highest BCUT2D eigenvalue weighted by Gasteiger charge is 2.16. The molecule has 0 aromatic carbocycles. The van der Waals surface area contributed by atoms with Gasteiger partial charge < -0.3 is 14.8 Å². The molecule has 1 amide bonds. The Morgan fingerprint density at radius 3 is 2.82 bits per heavy atom. The van der Waals surface area contributed by atoms with Gasteiger partial charge in [0.25, 0.3) is 5.88 Å². The molecule has 2 aromatic heterocycles. The highest BCUT2D eigenvalue weighted by Crippen LogP contribution is 2.14. The number of nitrogens with one attached hydrogen (secondary N) is 1. The number of aromatic nitrogens is 4. The predicted octanol–water partition coefficient (Wildman–Crippen LogP) is 1.59.